The molecule has 1 rings (SSSR count). The Morgan fingerprint density at radius 1 is 1.43 bits per heavy atom. The number of sulfonamides is 1. The van der Waals surface area contributed by atoms with E-state index in [-0.39, 0.29) is 29.3 Å². The number of rotatable bonds is 8. The lowest BCUT2D eigenvalue weighted by molar-refractivity contribution is 0.0683. The fourth-order valence-electron chi connectivity index (χ4n) is 1.99. The topological polar surface area (TPSA) is 109 Å². The molecular weight excluding hydrogens is 296 g/mol. The summed E-state index contributed by atoms with van der Waals surface area (Å²) < 4.78 is 28.5. The van der Waals surface area contributed by atoms with Gasteiger partial charge in [-0.05, 0) is 32.8 Å². The first-order chi connectivity index (χ1) is 9.72. The highest BCUT2D eigenvalue weighted by Crippen LogP contribution is 2.19. The molecule has 21 heavy (non-hydrogen) atoms. The van der Waals surface area contributed by atoms with Crippen LogP contribution in [0.25, 0.3) is 0 Å². The molecular formula is C13H22N2O5S. The van der Waals surface area contributed by atoms with Crippen LogP contribution in [-0.4, -0.2) is 41.8 Å². The van der Waals surface area contributed by atoms with Crippen LogP contribution >= 0.6 is 0 Å². The van der Waals surface area contributed by atoms with Gasteiger partial charge in [0, 0.05) is 24.9 Å². The molecule has 1 atom stereocenters. The predicted octanol–water partition coefficient (Wildman–Crippen LogP) is 1.21. The molecule has 1 heterocycles. The summed E-state index contributed by atoms with van der Waals surface area (Å²) >= 11 is 0. The highest BCUT2D eigenvalue weighted by Gasteiger charge is 2.24. The molecule has 0 fully saturated rings. The smallest absolute Gasteiger partial charge is 0.352 e. The van der Waals surface area contributed by atoms with Crippen molar-refractivity contribution in [3.8, 4) is 0 Å². The summed E-state index contributed by atoms with van der Waals surface area (Å²) in [5.41, 5.74) is -0.0689. The first-order valence-electron chi connectivity index (χ1n) is 6.81. The number of carbonyl (C=O) groups is 1. The van der Waals surface area contributed by atoms with Crippen molar-refractivity contribution in [2.45, 2.75) is 50.6 Å². The van der Waals surface area contributed by atoms with Crippen LogP contribution in [0, 0.1) is 0 Å². The van der Waals surface area contributed by atoms with Crippen LogP contribution < -0.4 is 4.72 Å². The second-order valence-electron chi connectivity index (χ2n) is 5.11. The van der Waals surface area contributed by atoms with Crippen LogP contribution in [0.5, 0.6) is 0 Å². The SMILES string of the molecule is CCC(CCO)NS(=O)(=O)c1cc(C(=O)O)n(C(C)C)c1. The quantitative estimate of drug-likeness (QED) is 0.667. The van der Waals surface area contributed by atoms with E-state index in [1.165, 1.54) is 10.8 Å². The Balaban J connectivity index is 3.14. The number of aromatic nitrogens is 1. The van der Waals surface area contributed by atoms with Crippen LogP contribution in [0.4, 0.5) is 0 Å². The Bertz CT molecular complexity index is 592. The van der Waals surface area contributed by atoms with Crippen LogP contribution in [0.2, 0.25) is 0 Å². The largest absolute Gasteiger partial charge is 0.477 e. The maximum atomic E-state index is 12.3. The first kappa shape index (κ1) is 17.7. The van der Waals surface area contributed by atoms with Crippen LogP contribution in [0.15, 0.2) is 17.2 Å². The minimum Gasteiger partial charge on any atom is -0.477 e. The zero-order valence-electron chi connectivity index (χ0n) is 12.4. The standard InChI is InChI=1S/C13H22N2O5S/c1-4-10(5-6-16)14-21(19,20)11-7-12(13(17)18)15(8-11)9(2)3/h7-10,14,16H,4-6H2,1-3H3,(H,17,18). The van der Waals surface area contributed by atoms with E-state index in [4.69, 9.17) is 10.2 Å². The van der Waals surface area contributed by atoms with Crippen molar-refractivity contribution in [2.75, 3.05) is 6.61 Å². The summed E-state index contributed by atoms with van der Waals surface area (Å²) in [6.45, 7) is 5.24. The molecule has 0 saturated carbocycles. The number of nitrogens with zero attached hydrogens (tertiary/aromatic N) is 1. The van der Waals surface area contributed by atoms with Crippen molar-refractivity contribution in [3.05, 3.63) is 18.0 Å². The summed E-state index contributed by atoms with van der Waals surface area (Å²) in [5, 5.41) is 18.0. The number of carboxylic acid groups (broad SMARTS) is 1. The molecule has 0 aromatic carbocycles. The molecule has 0 bridgehead atoms. The highest BCUT2D eigenvalue weighted by molar-refractivity contribution is 7.89. The molecule has 1 aromatic rings. The maximum Gasteiger partial charge on any atom is 0.352 e. The number of hydrogen-bond donors (Lipinski definition) is 3. The van der Waals surface area contributed by atoms with Gasteiger partial charge in [0.15, 0.2) is 0 Å². The summed E-state index contributed by atoms with van der Waals surface area (Å²) in [5.74, 6) is -1.17. The molecule has 120 valence electrons. The van der Waals surface area contributed by atoms with Crippen molar-refractivity contribution in [3.63, 3.8) is 0 Å². The van der Waals surface area contributed by atoms with Gasteiger partial charge < -0.3 is 14.8 Å². The van der Waals surface area contributed by atoms with Crippen molar-refractivity contribution in [1.82, 2.24) is 9.29 Å². The Hall–Kier alpha value is -1.38. The number of carboxylic acids is 1. The Morgan fingerprint density at radius 2 is 2.05 bits per heavy atom. The number of aliphatic hydroxyl groups excluding tert-OH is 1. The monoisotopic (exact) mass is 318 g/mol. The normalized spacial score (nSPS) is 13.6. The predicted molar refractivity (Wildman–Crippen MR) is 77.9 cm³/mol. The first-order valence-corrected chi connectivity index (χ1v) is 8.29. The number of nitrogens with one attached hydrogen (secondary N) is 1. The summed E-state index contributed by atoms with van der Waals surface area (Å²) in [6, 6.07) is 0.603. The van der Waals surface area contributed by atoms with Gasteiger partial charge in [0.2, 0.25) is 10.0 Å². The second-order valence-corrected chi connectivity index (χ2v) is 6.82. The van der Waals surface area contributed by atoms with E-state index in [0.29, 0.717) is 12.8 Å². The summed E-state index contributed by atoms with van der Waals surface area (Å²) in [4.78, 5) is 11.1. The van der Waals surface area contributed by atoms with Gasteiger partial charge in [0.1, 0.15) is 10.6 Å². The zero-order chi connectivity index (χ0) is 16.2. The molecule has 3 N–H and O–H groups in total. The lowest BCUT2D eigenvalue weighted by Gasteiger charge is -2.15. The van der Waals surface area contributed by atoms with E-state index >= 15 is 0 Å². The number of hydrogen-bond acceptors (Lipinski definition) is 4. The molecule has 0 amide bonds. The van der Waals surface area contributed by atoms with E-state index in [1.807, 2.05) is 6.92 Å². The Morgan fingerprint density at radius 3 is 2.43 bits per heavy atom. The van der Waals surface area contributed by atoms with Crippen LogP contribution in [-0.2, 0) is 10.0 Å². The fraction of sp³-hybridized carbons (Fsp3) is 0.615. The van der Waals surface area contributed by atoms with E-state index in [1.54, 1.807) is 13.8 Å². The summed E-state index contributed by atoms with van der Waals surface area (Å²) in [6.07, 6.45) is 2.17. The average molecular weight is 318 g/mol. The van der Waals surface area contributed by atoms with Gasteiger partial charge in [0.25, 0.3) is 0 Å². The van der Waals surface area contributed by atoms with E-state index in [2.05, 4.69) is 4.72 Å². The molecule has 0 saturated heterocycles. The van der Waals surface area contributed by atoms with Crippen molar-refractivity contribution < 1.29 is 23.4 Å². The van der Waals surface area contributed by atoms with Gasteiger partial charge in [-0.15, -0.1) is 0 Å². The zero-order valence-corrected chi connectivity index (χ0v) is 13.2. The number of aliphatic hydroxyl groups is 1. The van der Waals surface area contributed by atoms with Gasteiger partial charge in [-0.2, -0.15) is 0 Å². The number of aromatic carboxylic acids is 1. The molecule has 8 heteroatoms. The third-order valence-corrected chi connectivity index (χ3v) is 4.69. The molecule has 0 aliphatic heterocycles. The minimum absolute atomic E-state index is 0.0689. The van der Waals surface area contributed by atoms with Crippen molar-refractivity contribution in [2.24, 2.45) is 0 Å². The molecule has 0 aliphatic carbocycles. The maximum absolute atomic E-state index is 12.3. The van der Waals surface area contributed by atoms with E-state index < -0.39 is 16.0 Å². The molecule has 0 spiro atoms. The molecule has 0 radical (unpaired) electrons. The third kappa shape index (κ3) is 4.29. The van der Waals surface area contributed by atoms with Crippen LogP contribution in [0.1, 0.15) is 50.1 Å². The van der Waals surface area contributed by atoms with E-state index in [0.717, 1.165) is 6.07 Å². The second kappa shape index (κ2) is 7.06. The third-order valence-electron chi connectivity index (χ3n) is 3.20. The molecule has 1 aromatic heterocycles. The molecule has 7 nitrogen and oxygen atoms in total. The fourth-order valence-corrected chi connectivity index (χ4v) is 3.37. The van der Waals surface area contributed by atoms with Crippen LogP contribution in [0.3, 0.4) is 0 Å². The molecule has 1 unspecified atom stereocenters. The summed E-state index contributed by atoms with van der Waals surface area (Å²) in [7, 11) is -3.81. The van der Waals surface area contributed by atoms with Gasteiger partial charge in [0.05, 0.1) is 0 Å². The van der Waals surface area contributed by atoms with Crippen molar-refractivity contribution >= 4 is 16.0 Å². The Labute approximate surface area is 124 Å². The average Bonchev–Trinajstić information content (AvgIpc) is 2.84. The van der Waals surface area contributed by atoms with Gasteiger partial charge >= 0.3 is 5.97 Å². The lowest BCUT2D eigenvalue weighted by Crippen LogP contribution is -2.34. The minimum atomic E-state index is -3.81. The van der Waals surface area contributed by atoms with Gasteiger partial charge in [-0.25, -0.2) is 17.9 Å². The van der Waals surface area contributed by atoms with Gasteiger partial charge in [-0.1, -0.05) is 6.92 Å². The lowest BCUT2D eigenvalue weighted by atomic mass is 10.2. The van der Waals surface area contributed by atoms with Crippen molar-refractivity contribution in [1.29, 1.82) is 0 Å². The van der Waals surface area contributed by atoms with E-state index in [9.17, 15) is 13.2 Å². The molecule has 0 aliphatic rings. The highest BCUT2D eigenvalue weighted by atomic mass is 32.2. The van der Waals surface area contributed by atoms with Gasteiger partial charge in [-0.3, -0.25) is 0 Å². The Kier molecular flexibility index (Phi) is 5.94.